The average Bonchev–Trinajstić information content (AvgIpc) is 3.02. The van der Waals surface area contributed by atoms with Gasteiger partial charge in [-0.3, -0.25) is 0 Å². The lowest BCUT2D eigenvalue weighted by atomic mass is 9.68. The molecule has 0 bridgehead atoms. The van der Waals surface area contributed by atoms with Gasteiger partial charge in [0.1, 0.15) is 5.75 Å². The number of ether oxygens (including phenoxy) is 1. The molecule has 1 unspecified atom stereocenters. The summed E-state index contributed by atoms with van der Waals surface area (Å²) >= 11 is 6.34. The maximum absolute atomic E-state index is 11.8. The van der Waals surface area contributed by atoms with Crippen molar-refractivity contribution in [2.24, 2.45) is 17.0 Å². The highest BCUT2D eigenvalue weighted by molar-refractivity contribution is 7.89. The van der Waals surface area contributed by atoms with Gasteiger partial charge in [0.2, 0.25) is 10.0 Å². The van der Waals surface area contributed by atoms with Crippen molar-refractivity contribution in [3.8, 4) is 5.75 Å². The van der Waals surface area contributed by atoms with Gasteiger partial charge in [0.25, 0.3) is 0 Å². The van der Waals surface area contributed by atoms with E-state index in [1.165, 1.54) is 11.1 Å². The molecule has 2 aliphatic carbocycles. The summed E-state index contributed by atoms with van der Waals surface area (Å²) < 4.78 is 28.7. The fraction of sp³-hybridized carbons (Fsp3) is 0.500. The van der Waals surface area contributed by atoms with Gasteiger partial charge in [-0.15, -0.1) is 0 Å². The third-order valence-corrected chi connectivity index (χ3v) is 9.88. The SMILES string of the molecule is NS(=O)(=O)CCC/C=C/[C@H](O)[C@@H]1CC[C@H]1CN1CC2(CCCc3cc(Cl)ccc32)COc2ccc(C(=O)O)cc21. The molecule has 1 heterocycles. The molecule has 8 nitrogen and oxygen atoms in total. The van der Waals surface area contributed by atoms with Crippen molar-refractivity contribution in [1.29, 1.82) is 0 Å². The zero-order chi connectivity index (χ0) is 28.5. The number of sulfonamides is 1. The molecule has 3 aliphatic rings. The first-order valence-electron chi connectivity index (χ1n) is 13.9. The van der Waals surface area contributed by atoms with Crippen LogP contribution in [0, 0.1) is 11.8 Å². The fourth-order valence-electron chi connectivity index (χ4n) is 6.58. The number of benzene rings is 2. The standard InChI is InChI=1S/C30H37ClN2O6S/c31-23-9-11-25-20(15-23)5-4-13-30(25)18-33(26-16-21(29(35)36)8-12-28(26)39-19-30)17-22-7-10-24(22)27(34)6-2-1-3-14-40(32,37)38/h2,6,8-9,11-12,15-16,22,24,27,34H,1,3-5,7,10,13-14,17-19H2,(H,35,36)(H2,32,37,38)/b6-2+/t22-,24+,27-,30?/m0/s1. The van der Waals surface area contributed by atoms with Crippen molar-refractivity contribution >= 4 is 33.3 Å². The molecule has 5 rings (SSSR count). The van der Waals surface area contributed by atoms with E-state index in [0.717, 1.165) is 42.8 Å². The van der Waals surface area contributed by atoms with Crippen molar-refractivity contribution in [3.63, 3.8) is 0 Å². The van der Waals surface area contributed by atoms with Crippen LogP contribution in [-0.4, -0.2) is 56.2 Å². The highest BCUT2D eigenvalue weighted by Crippen LogP contribution is 2.46. The van der Waals surface area contributed by atoms with Crippen LogP contribution in [0.5, 0.6) is 5.75 Å². The quantitative estimate of drug-likeness (QED) is 0.290. The number of allylic oxidation sites excluding steroid dienone is 1. The lowest BCUT2D eigenvalue weighted by molar-refractivity contribution is 0.0456. The number of aliphatic hydroxyl groups excluding tert-OH is 1. The number of anilines is 1. The van der Waals surface area contributed by atoms with Gasteiger partial charge in [0.15, 0.2) is 0 Å². The molecule has 216 valence electrons. The summed E-state index contributed by atoms with van der Waals surface area (Å²) in [5.41, 5.74) is 3.21. The number of hydrogen-bond acceptors (Lipinski definition) is 6. The lowest BCUT2D eigenvalue weighted by Gasteiger charge is -2.45. The molecular formula is C30H37ClN2O6S. The number of halogens is 1. The van der Waals surface area contributed by atoms with Gasteiger partial charge in [0.05, 0.1) is 29.7 Å². The minimum atomic E-state index is -3.48. The van der Waals surface area contributed by atoms with Crippen molar-refractivity contribution in [1.82, 2.24) is 0 Å². The molecule has 10 heteroatoms. The molecule has 4 atom stereocenters. The monoisotopic (exact) mass is 588 g/mol. The van der Waals surface area contributed by atoms with E-state index in [9.17, 15) is 23.4 Å². The van der Waals surface area contributed by atoms with E-state index in [-0.39, 0.29) is 28.6 Å². The van der Waals surface area contributed by atoms with Gasteiger partial charge < -0.3 is 19.8 Å². The van der Waals surface area contributed by atoms with E-state index in [1.807, 2.05) is 12.1 Å². The highest BCUT2D eigenvalue weighted by Gasteiger charge is 2.44. The minimum absolute atomic E-state index is 0.0677. The first kappa shape index (κ1) is 28.9. The summed E-state index contributed by atoms with van der Waals surface area (Å²) in [4.78, 5) is 14.1. The Morgan fingerprint density at radius 1 is 1.25 bits per heavy atom. The average molecular weight is 589 g/mol. The second-order valence-electron chi connectivity index (χ2n) is 11.5. The Labute approximate surface area is 240 Å². The van der Waals surface area contributed by atoms with Crippen molar-refractivity contribution in [2.45, 2.75) is 56.5 Å². The van der Waals surface area contributed by atoms with Crippen molar-refractivity contribution < 1.29 is 28.2 Å². The Morgan fingerprint density at radius 3 is 2.80 bits per heavy atom. The summed E-state index contributed by atoms with van der Waals surface area (Å²) in [7, 11) is -3.48. The number of primary sulfonamides is 1. The zero-order valence-corrected chi connectivity index (χ0v) is 24.0. The number of unbranched alkanes of at least 4 members (excludes halogenated alkanes) is 1. The number of aryl methyl sites for hydroxylation is 1. The van der Waals surface area contributed by atoms with Gasteiger partial charge in [0, 0.05) is 23.5 Å². The Morgan fingerprint density at radius 2 is 2.08 bits per heavy atom. The topological polar surface area (TPSA) is 130 Å². The summed E-state index contributed by atoms with van der Waals surface area (Å²) in [6, 6.07) is 11.2. The molecular weight excluding hydrogens is 552 g/mol. The van der Waals surface area contributed by atoms with Gasteiger partial charge in [-0.2, -0.15) is 0 Å². The number of carboxylic acids is 1. The first-order chi connectivity index (χ1) is 19.0. The summed E-state index contributed by atoms with van der Waals surface area (Å²) in [5, 5.41) is 26.4. The third kappa shape index (κ3) is 6.33. The van der Waals surface area contributed by atoms with Gasteiger partial charge >= 0.3 is 5.97 Å². The van der Waals surface area contributed by atoms with Crippen LogP contribution in [0.25, 0.3) is 0 Å². The molecule has 2 aromatic carbocycles. The van der Waals surface area contributed by atoms with Crippen LogP contribution in [0.1, 0.15) is 60.0 Å². The smallest absolute Gasteiger partial charge is 0.335 e. The Balaban J connectivity index is 1.38. The number of carboxylic acid groups (broad SMARTS) is 1. The molecule has 1 spiro atoms. The number of fused-ring (bicyclic) bond motifs is 3. The highest BCUT2D eigenvalue weighted by atomic mass is 35.5. The van der Waals surface area contributed by atoms with Crippen molar-refractivity contribution in [2.75, 3.05) is 30.3 Å². The molecule has 40 heavy (non-hydrogen) atoms. The first-order valence-corrected chi connectivity index (χ1v) is 16.0. The maximum Gasteiger partial charge on any atom is 0.335 e. The molecule has 0 saturated heterocycles. The molecule has 0 aromatic heterocycles. The molecule has 1 aliphatic heterocycles. The van der Waals surface area contributed by atoms with Gasteiger partial charge in [-0.1, -0.05) is 29.8 Å². The maximum atomic E-state index is 11.8. The molecule has 1 fully saturated rings. The van der Waals surface area contributed by atoms with Crippen LogP contribution in [-0.2, 0) is 21.9 Å². The Bertz CT molecular complexity index is 1400. The summed E-state index contributed by atoms with van der Waals surface area (Å²) in [6.45, 7) is 1.85. The number of aromatic carboxylic acids is 1. The van der Waals surface area contributed by atoms with Crippen LogP contribution in [0.4, 0.5) is 5.69 Å². The second kappa shape index (κ2) is 11.7. The third-order valence-electron chi connectivity index (χ3n) is 8.79. The van der Waals surface area contributed by atoms with E-state index < -0.39 is 22.1 Å². The number of nitrogens with two attached hydrogens (primary N) is 1. The van der Waals surface area contributed by atoms with Crippen molar-refractivity contribution in [3.05, 3.63) is 70.3 Å². The zero-order valence-electron chi connectivity index (χ0n) is 22.5. The molecule has 2 aromatic rings. The lowest BCUT2D eigenvalue weighted by Crippen LogP contribution is -2.49. The Kier molecular flexibility index (Phi) is 8.47. The van der Waals surface area contributed by atoms with E-state index >= 15 is 0 Å². The van der Waals surface area contributed by atoms with E-state index in [4.69, 9.17) is 21.5 Å². The fourth-order valence-corrected chi connectivity index (χ4v) is 7.35. The van der Waals surface area contributed by atoms with Crippen LogP contribution in [0.2, 0.25) is 5.02 Å². The van der Waals surface area contributed by atoms with Gasteiger partial charge in [-0.05, 0) is 98.2 Å². The van der Waals surface area contributed by atoms with Crippen LogP contribution < -0.4 is 14.8 Å². The molecule has 4 N–H and O–H groups in total. The number of hydrogen-bond donors (Lipinski definition) is 3. The predicted octanol–water partition coefficient (Wildman–Crippen LogP) is 4.52. The summed E-state index contributed by atoms with van der Waals surface area (Å²) in [5.74, 6) is -0.101. The molecule has 0 radical (unpaired) electrons. The van der Waals surface area contributed by atoms with E-state index in [1.54, 1.807) is 24.3 Å². The number of aliphatic hydroxyl groups is 1. The number of rotatable bonds is 9. The van der Waals surface area contributed by atoms with Gasteiger partial charge in [-0.25, -0.2) is 18.4 Å². The normalized spacial score (nSPS) is 25.0. The Hall–Kier alpha value is -2.59. The predicted molar refractivity (Wildman–Crippen MR) is 156 cm³/mol. The van der Waals surface area contributed by atoms with E-state index in [0.29, 0.717) is 38.3 Å². The van der Waals surface area contributed by atoms with Crippen LogP contribution in [0.3, 0.4) is 0 Å². The van der Waals surface area contributed by atoms with E-state index in [2.05, 4.69) is 17.0 Å². The van der Waals surface area contributed by atoms with Crippen LogP contribution in [0.15, 0.2) is 48.6 Å². The van der Waals surface area contributed by atoms with Crippen LogP contribution >= 0.6 is 11.6 Å². The molecule has 1 saturated carbocycles. The minimum Gasteiger partial charge on any atom is -0.490 e. The molecule has 0 amide bonds. The largest absolute Gasteiger partial charge is 0.490 e. The summed E-state index contributed by atoms with van der Waals surface area (Å²) in [6.07, 6.45) is 8.72. The number of carbonyl (C=O) groups is 1. The number of nitrogens with zero attached hydrogens (tertiary/aromatic N) is 1. The second-order valence-corrected chi connectivity index (χ2v) is 13.7.